The van der Waals surface area contributed by atoms with E-state index in [9.17, 15) is 5.11 Å². The van der Waals surface area contributed by atoms with Crippen LogP contribution in [0.3, 0.4) is 0 Å². The fourth-order valence-electron chi connectivity index (χ4n) is 2.77. The molecule has 0 saturated heterocycles. The van der Waals surface area contributed by atoms with Crippen molar-refractivity contribution in [2.75, 3.05) is 13.2 Å². The van der Waals surface area contributed by atoms with Gasteiger partial charge in [0, 0.05) is 12.6 Å². The highest BCUT2D eigenvalue weighted by atomic mass is 32.1. The normalized spacial score (nSPS) is 13.5. The Bertz CT molecular complexity index is 757. The van der Waals surface area contributed by atoms with Crippen LogP contribution in [0, 0.1) is 0 Å². The van der Waals surface area contributed by atoms with Crippen molar-refractivity contribution >= 4 is 11.3 Å². The fourth-order valence-corrected chi connectivity index (χ4v) is 3.43. The molecule has 3 aromatic rings. The zero-order valence-corrected chi connectivity index (χ0v) is 15.8. The topological polar surface area (TPSA) is 41.5 Å². The molecule has 0 aliphatic heterocycles. The molecule has 0 spiro atoms. The first-order chi connectivity index (χ1) is 12.7. The van der Waals surface area contributed by atoms with E-state index in [-0.39, 0.29) is 6.04 Å². The predicted molar refractivity (Wildman–Crippen MR) is 108 cm³/mol. The maximum absolute atomic E-state index is 10.1. The predicted octanol–water partition coefficient (Wildman–Crippen LogP) is 4.64. The van der Waals surface area contributed by atoms with Crippen molar-refractivity contribution in [2.24, 2.45) is 0 Å². The second-order valence-corrected chi connectivity index (χ2v) is 7.20. The van der Waals surface area contributed by atoms with Crippen molar-refractivity contribution in [2.45, 2.75) is 25.7 Å². The van der Waals surface area contributed by atoms with Gasteiger partial charge in [0.05, 0.1) is 19.3 Å². The van der Waals surface area contributed by atoms with Crippen molar-refractivity contribution in [3.63, 3.8) is 0 Å². The molecule has 0 fully saturated rings. The number of aliphatic hydroxyl groups is 1. The molecule has 136 valence electrons. The minimum absolute atomic E-state index is 0.204. The largest absolute Gasteiger partial charge is 0.389 e. The second-order valence-electron chi connectivity index (χ2n) is 6.42. The summed E-state index contributed by atoms with van der Waals surface area (Å²) in [4.78, 5) is 0. The lowest BCUT2D eigenvalue weighted by Crippen LogP contribution is -2.32. The molecule has 2 atom stereocenters. The summed E-state index contributed by atoms with van der Waals surface area (Å²) < 4.78 is 5.66. The van der Waals surface area contributed by atoms with E-state index in [0.29, 0.717) is 19.8 Å². The van der Waals surface area contributed by atoms with Gasteiger partial charge in [0.1, 0.15) is 0 Å². The van der Waals surface area contributed by atoms with Crippen molar-refractivity contribution in [1.82, 2.24) is 5.32 Å². The zero-order valence-electron chi connectivity index (χ0n) is 15.0. The highest BCUT2D eigenvalue weighted by Gasteiger charge is 2.09. The minimum atomic E-state index is -0.522. The summed E-state index contributed by atoms with van der Waals surface area (Å²) in [5.74, 6) is 0. The number of hydrogen-bond donors (Lipinski definition) is 2. The molecule has 3 nitrogen and oxygen atoms in total. The first kappa shape index (κ1) is 18.8. The van der Waals surface area contributed by atoms with Crippen molar-refractivity contribution in [1.29, 1.82) is 0 Å². The third-order valence-electron chi connectivity index (χ3n) is 4.35. The highest BCUT2D eigenvalue weighted by molar-refractivity contribution is 7.08. The number of benzene rings is 2. The maximum Gasteiger partial charge on any atom is 0.0898 e. The summed E-state index contributed by atoms with van der Waals surface area (Å²) in [6.07, 6.45) is -0.522. The Hall–Kier alpha value is -1.98. The molecule has 4 heteroatoms. The second kappa shape index (κ2) is 9.64. The third-order valence-corrected chi connectivity index (χ3v) is 5.03. The van der Waals surface area contributed by atoms with Crippen LogP contribution < -0.4 is 5.32 Å². The summed E-state index contributed by atoms with van der Waals surface area (Å²) >= 11 is 1.70. The quantitative estimate of drug-likeness (QED) is 0.579. The molecule has 2 aromatic carbocycles. The van der Waals surface area contributed by atoms with Gasteiger partial charge < -0.3 is 15.2 Å². The average Bonchev–Trinajstić information content (AvgIpc) is 3.22. The van der Waals surface area contributed by atoms with E-state index < -0.39 is 6.10 Å². The van der Waals surface area contributed by atoms with Crippen LogP contribution in [0.5, 0.6) is 0 Å². The Labute approximate surface area is 159 Å². The van der Waals surface area contributed by atoms with Gasteiger partial charge in [-0.15, -0.1) is 0 Å². The average molecular weight is 368 g/mol. The van der Waals surface area contributed by atoms with Gasteiger partial charge in [0.15, 0.2) is 0 Å². The van der Waals surface area contributed by atoms with Crippen LogP contribution >= 0.6 is 11.3 Å². The molecule has 0 radical (unpaired) electrons. The zero-order chi connectivity index (χ0) is 18.2. The number of thiophene rings is 1. The number of rotatable bonds is 9. The molecule has 0 amide bonds. The van der Waals surface area contributed by atoms with Crippen LogP contribution in [0.15, 0.2) is 71.4 Å². The summed E-state index contributed by atoms with van der Waals surface area (Å²) in [7, 11) is 0. The van der Waals surface area contributed by atoms with E-state index in [1.54, 1.807) is 11.3 Å². The van der Waals surface area contributed by atoms with Gasteiger partial charge in [0.25, 0.3) is 0 Å². The van der Waals surface area contributed by atoms with Crippen LogP contribution in [-0.2, 0) is 11.3 Å². The first-order valence-electron chi connectivity index (χ1n) is 8.88. The van der Waals surface area contributed by atoms with E-state index in [2.05, 4.69) is 65.5 Å². The lowest BCUT2D eigenvalue weighted by Gasteiger charge is -2.17. The Morgan fingerprint density at radius 3 is 2.46 bits per heavy atom. The van der Waals surface area contributed by atoms with E-state index in [0.717, 1.165) is 5.56 Å². The van der Waals surface area contributed by atoms with E-state index in [4.69, 9.17) is 4.74 Å². The van der Waals surface area contributed by atoms with Gasteiger partial charge in [0.2, 0.25) is 0 Å². The Morgan fingerprint density at radius 1 is 1.00 bits per heavy atom. The Kier molecular flexibility index (Phi) is 6.97. The smallest absolute Gasteiger partial charge is 0.0898 e. The van der Waals surface area contributed by atoms with Gasteiger partial charge >= 0.3 is 0 Å². The van der Waals surface area contributed by atoms with Crippen LogP contribution in [0.4, 0.5) is 0 Å². The van der Waals surface area contributed by atoms with Gasteiger partial charge in [-0.05, 0) is 46.0 Å². The van der Waals surface area contributed by atoms with E-state index in [1.807, 2.05) is 18.2 Å². The summed E-state index contributed by atoms with van der Waals surface area (Å²) in [5, 5.41) is 17.7. The molecular formula is C22H25NO2S. The van der Waals surface area contributed by atoms with Crippen LogP contribution in [-0.4, -0.2) is 24.4 Å². The SMILES string of the molecule is CC(NCC(O)COCc1ccc(-c2ccsc2)cc1)c1ccccc1. The van der Waals surface area contributed by atoms with E-state index in [1.165, 1.54) is 16.7 Å². The molecule has 0 saturated carbocycles. The molecule has 2 N–H and O–H groups in total. The van der Waals surface area contributed by atoms with Gasteiger partial charge in [-0.1, -0.05) is 54.6 Å². The number of ether oxygens (including phenoxy) is 1. The van der Waals surface area contributed by atoms with Gasteiger partial charge in [-0.3, -0.25) is 0 Å². The molecule has 2 unspecified atom stereocenters. The molecule has 0 aliphatic carbocycles. The fraction of sp³-hybridized carbons (Fsp3) is 0.273. The highest BCUT2D eigenvalue weighted by Crippen LogP contribution is 2.22. The monoisotopic (exact) mass is 367 g/mol. The lowest BCUT2D eigenvalue weighted by atomic mass is 10.1. The third kappa shape index (κ3) is 5.51. The number of aliphatic hydroxyl groups excluding tert-OH is 1. The number of hydrogen-bond acceptors (Lipinski definition) is 4. The molecule has 26 heavy (non-hydrogen) atoms. The molecule has 0 aliphatic rings. The first-order valence-corrected chi connectivity index (χ1v) is 9.82. The van der Waals surface area contributed by atoms with Crippen LogP contribution in [0.2, 0.25) is 0 Å². The molecule has 3 rings (SSSR count). The number of nitrogens with one attached hydrogen (secondary N) is 1. The summed E-state index contributed by atoms with van der Waals surface area (Å²) in [6.45, 7) is 3.43. The van der Waals surface area contributed by atoms with Crippen molar-refractivity contribution in [3.8, 4) is 11.1 Å². The van der Waals surface area contributed by atoms with Crippen LogP contribution in [0.25, 0.3) is 11.1 Å². The summed E-state index contributed by atoms with van der Waals surface area (Å²) in [6, 6.07) is 20.9. The Balaban J connectivity index is 1.37. The molecular weight excluding hydrogens is 342 g/mol. The Morgan fingerprint density at radius 2 is 1.77 bits per heavy atom. The van der Waals surface area contributed by atoms with Crippen molar-refractivity contribution < 1.29 is 9.84 Å². The van der Waals surface area contributed by atoms with Crippen LogP contribution in [0.1, 0.15) is 24.1 Å². The molecule has 1 aromatic heterocycles. The van der Waals surface area contributed by atoms with E-state index >= 15 is 0 Å². The minimum Gasteiger partial charge on any atom is -0.389 e. The maximum atomic E-state index is 10.1. The standard InChI is InChI=1S/C22H25NO2S/c1-17(19-5-3-2-4-6-19)23-13-22(24)15-25-14-18-7-9-20(10-8-18)21-11-12-26-16-21/h2-12,16-17,22-24H,13-15H2,1H3. The summed E-state index contributed by atoms with van der Waals surface area (Å²) in [5.41, 5.74) is 4.79. The molecule has 1 heterocycles. The van der Waals surface area contributed by atoms with Gasteiger partial charge in [-0.2, -0.15) is 11.3 Å². The lowest BCUT2D eigenvalue weighted by molar-refractivity contribution is 0.0278. The van der Waals surface area contributed by atoms with Gasteiger partial charge in [-0.25, -0.2) is 0 Å². The molecule has 0 bridgehead atoms. The van der Waals surface area contributed by atoms with Crippen molar-refractivity contribution in [3.05, 3.63) is 82.6 Å².